The lowest BCUT2D eigenvalue weighted by Crippen LogP contribution is -2.61. The van der Waals surface area contributed by atoms with E-state index < -0.39 is 16.5 Å². The van der Waals surface area contributed by atoms with Gasteiger partial charge in [-0.2, -0.15) is 0 Å². The topological polar surface area (TPSA) is 3.24 Å². The SMILES string of the molecule is C=C[Si](C)(C)N(c1ccccc1C)[Si](C)(C)C=C. The minimum Gasteiger partial charge on any atom is -0.418 e. The van der Waals surface area contributed by atoms with Gasteiger partial charge in [0.05, 0.1) is 0 Å². The number of para-hydroxylation sites is 1. The first kappa shape index (κ1) is 15.0. The van der Waals surface area contributed by atoms with Gasteiger partial charge in [-0.1, -0.05) is 29.6 Å². The smallest absolute Gasteiger partial charge is 0.166 e. The first-order valence-corrected chi connectivity index (χ1v) is 12.4. The van der Waals surface area contributed by atoms with Crippen molar-refractivity contribution < 1.29 is 0 Å². The maximum absolute atomic E-state index is 4.06. The van der Waals surface area contributed by atoms with E-state index >= 15 is 0 Å². The molecule has 18 heavy (non-hydrogen) atoms. The lowest BCUT2D eigenvalue weighted by molar-refractivity contribution is 1.33. The van der Waals surface area contributed by atoms with Gasteiger partial charge in [0.25, 0.3) is 0 Å². The maximum Gasteiger partial charge on any atom is 0.166 e. The van der Waals surface area contributed by atoms with Crippen LogP contribution in [0.15, 0.2) is 48.8 Å². The summed E-state index contributed by atoms with van der Waals surface area (Å²) in [7, 11) is -3.30. The highest BCUT2D eigenvalue weighted by molar-refractivity contribution is 7.04. The monoisotopic (exact) mass is 275 g/mol. The van der Waals surface area contributed by atoms with Gasteiger partial charge in [-0.05, 0) is 44.7 Å². The van der Waals surface area contributed by atoms with Crippen molar-refractivity contribution in [2.75, 3.05) is 4.23 Å². The lowest BCUT2D eigenvalue weighted by atomic mass is 10.2. The van der Waals surface area contributed by atoms with Crippen LogP contribution in [0, 0.1) is 6.92 Å². The second-order valence-corrected chi connectivity index (χ2v) is 14.6. The molecular weight excluding hydrogens is 250 g/mol. The summed E-state index contributed by atoms with van der Waals surface area (Å²) in [5.74, 6) is 0. The highest BCUT2D eigenvalue weighted by Crippen LogP contribution is 2.31. The second-order valence-electron chi connectivity index (χ2n) is 5.84. The van der Waals surface area contributed by atoms with Crippen LogP contribution in [0.2, 0.25) is 26.2 Å². The van der Waals surface area contributed by atoms with Crippen LogP contribution in [-0.2, 0) is 0 Å². The van der Waals surface area contributed by atoms with Gasteiger partial charge in [0.2, 0.25) is 0 Å². The molecule has 0 heterocycles. The number of benzene rings is 1. The van der Waals surface area contributed by atoms with Crippen molar-refractivity contribution in [3.8, 4) is 0 Å². The van der Waals surface area contributed by atoms with E-state index in [0.29, 0.717) is 0 Å². The lowest BCUT2D eigenvalue weighted by Gasteiger charge is -2.47. The number of hydrogen-bond acceptors (Lipinski definition) is 1. The van der Waals surface area contributed by atoms with Crippen LogP contribution in [0.4, 0.5) is 5.69 Å². The van der Waals surface area contributed by atoms with Gasteiger partial charge < -0.3 is 4.23 Å². The van der Waals surface area contributed by atoms with Crippen molar-refractivity contribution in [3.05, 3.63) is 54.4 Å². The quantitative estimate of drug-likeness (QED) is 0.706. The van der Waals surface area contributed by atoms with Crippen LogP contribution in [0.5, 0.6) is 0 Å². The van der Waals surface area contributed by atoms with Crippen LogP contribution in [-0.4, -0.2) is 16.5 Å². The molecule has 0 radical (unpaired) electrons. The Hall–Kier alpha value is -1.07. The fourth-order valence-corrected chi connectivity index (χ4v) is 11.0. The first-order chi connectivity index (χ1) is 8.26. The minimum absolute atomic E-state index is 1.34. The molecule has 0 amide bonds. The summed E-state index contributed by atoms with van der Waals surface area (Å²) in [6, 6.07) is 8.63. The molecular formula is C15H25NSi2. The summed E-state index contributed by atoms with van der Waals surface area (Å²) >= 11 is 0. The van der Waals surface area contributed by atoms with E-state index in [1.807, 2.05) is 0 Å². The van der Waals surface area contributed by atoms with E-state index in [-0.39, 0.29) is 0 Å². The fourth-order valence-electron chi connectivity index (χ4n) is 2.36. The Morgan fingerprint density at radius 2 is 1.39 bits per heavy atom. The van der Waals surface area contributed by atoms with E-state index in [1.165, 1.54) is 11.3 Å². The van der Waals surface area contributed by atoms with Crippen molar-refractivity contribution in [2.24, 2.45) is 0 Å². The molecule has 0 aliphatic carbocycles. The Morgan fingerprint density at radius 3 is 1.78 bits per heavy atom. The highest BCUT2D eigenvalue weighted by Gasteiger charge is 2.37. The molecule has 0 fully saturated rings. The van der Waals surface area contributed by atoms with Gasteiger partial charge in [0.15, 0.2) is 16.5 Å². The second kappa shape index (κ2) is 5.28. The van der Waals surface area contributed by atoms with Crippen LogP contribution in [0.25, 0.3) is 0 Å². The molecule has 0 spiro atoms. The standard InChI is InChI=1S/C15H25NSi2/c1-8-17(4,5)16(18(6,7)9-2)15-13-11-10-12-14(15)3/h8-13H,1-2H2,3-7H3. The zero-order valence-electron chi connectivity index (χ0n) is 12.3. The van der Waals surface area contributed by atoms with Crippen molar-refractivity contribution >= 4 is 22.2 Å². The fraction of sp³-hybridized carbons (Fsp3) is 0.333. The molecule has 1 aromatic rings. The van der Waals surface area contributed by atoms with Gasteiger partial charge in [0.1, 0.15) is 0 Å². The van der Waals surface area contributed by atoms with Crippen molar-refractivity contribution in [1.82, 2.24) is 0 Å². The molecule has 1 aromatic carbocycles. The Labute approximate surface area is 114 Å². The molecule has 0 N–H and O–H groups in total. The summed E-state index contributed by atoms with van der Waals surface area (Å²) < 4.78 is 2.65. The Kier molecular flexibility index (Phi) is 4.40. The van der Waals surface area contributed by atoms with Crippen molar-refractivity contribution in [3.63, 3.8) is 0 Å². The maximum atomic E-state index is 4.06. The van der Waals surface area contributed by atoms with E-state index in [2.05, 4.69) is 86.2 Å². The summed E-state index contributed by atoms with van der Waals surface area (Å²) in [4.78, 5) is 0. The Bertz CT molecular complexity index is 430. The van der Waals surface area contributed by atoms with Gasteiger partial charge in [-0.3, -0.25) is 0 Å². The van der Waals surface area contributed by atoms with Gasteiger partial charge in [0, 0.05) is 5.69 Å². The molecule has 98 valence electrons. The Balaban J connectivity index is 3.44. The number of anilines is 1. The number of aryl methyl sites for hydroxylation is 1. The minimum atomic E-state index is -1.65. The summed E-state index contributed by atoms with van der Waals surface area (Å²) in [6.45, 7) is 19.7. The van der Waals surface area contributed by atoms with E-state index in [1.54, 1.807) is 0 Å². The van der Waals surface area contributed by atoms with Gasteiger partial charge >= 0.3 is 0 Å². The third-order valence-electron chi connectivity index (χ3n) is 3.51. The van der Waals surface area contributed by atoms with Crippen LogP contribution >= 0.6 is 0 Å². The van der Waals surface area contributed by atoms with Crippen LogP contribution < -0.4 is 4.23 Å². The molecule has 0 saturated carbocycles. The first-order valence-electron chi connectivity index (χ1n) is 6.39. The van der Waals surface area contributed by atoms with Crippen LogP contribution in [0.3, 0.4) is 0 Å². The van der Waals surface area contributed by atoms with E-state index in [0.717, 1.165) is 0 Å². The summed E-state index contributed by atoms with van der Waals surface area (Å²) in [5, 5.41) is 0. The molecule has 0 atom stereocenters. The number of rotatable bonds is 5. The molecule has 0 aromatic heterocycles. The molecule has 0 unspecified atom stereocenters. The predicted octanol–water partition coefficient (Wildman–Crippen LogP) is 4.66. The van der Waals surface area contributed by atoms with Gasteiger partial charge in [-0.25, -0.2) is 0 Å². The normalized spacial score (nSPS) is 12.1. The largest absolute Gasteiger partial charge is 0.418 e. The molecule has 0 aliphatic heterocycles. The average molecular weight is 276 g/mol. The third kappa shape index (κ3) is 2.84. The zero-order chi connectivity index (χ0) is 14.0. The molecule has 0 bridgehead atoms. The molecule has 0 saturated heterocycles. The molecule has 1 nitrogen and oxygen atoms in total. The third-order valence-corrected chi connectivity index (χ3v) is 11.8. The molecule has 1 rings (SSSR count). The van der Waals surface area contributed by atoms with Crippen molar-refractivity contribution in [1.29, 1.82) is 0 Å². The van der Waals surface area contributed by atoms with Crippen molar-refractivity contribution in [2.45, 2.75) is 33.1 Å². The summed E-state index contributed by atoms with van der Waals surface area (Å²) in [5.41, 5.74) is 7.02. The van der Waals surface area contributed by atoms with E-state index in [9.17, 15) is 0 Å². The number of hydrogen-bond donors (Lipinski definition) is 0. The average Bonchev–Trinajstić information content (AvgIpc) is 2.31. The van der Waals surface area contributed by atoms with E-state index in [4.69, 9.17) is 0 Å². The zero-order valence-corrected chi connectivity index (χ0v) is 14.3. The van der Waals surface area contributed by atoms with Gasteiger partial charge in [-0.15, -0.1) is 13.2 Å². The predicted molar refractivity (Wildman–Crippen MR) is 89.0 cm³/mol. The number of nitrogens with zero attached hydrogens (tertiary/aromatic N) is 1. The summed E-state index contributed by atoms with van der Waals surface area (Å²) in [6.07, 6.45) is 0. The molecule has 3 heteroatoms. The van der Waals surface area contributed by atoms with Crippen LogP contribution in [0.1, 0.15) is 5.56 Å². The highest BCUT2D eigenvalue weighted by atomic mass is 28.4. The Morgan fingerprint density at radius 1 is 0.944 bits per heavy atom. The molecule has 0 aliphatic rings.